The van der Waals surface area contributed by atoms with Gasteiger partial charge in [-0.15, -0.1) is 0 Å². The Hall–Kier alpha value is -0.170. The molecule has 2 saturated carbocycles. The third kappa shape index (κ3) is 1.65. The van der Waals surface area contributed by atoms with Gasteiger partial charge in [0.15, 0.2) is 0 Å². The van der Waals surface area contributed by atoms with E-state index in [1.807, 2.05) is 13.8 Å². The van der Waals surface area contributed by atoms with Gasteiger partial charge in [0.1, 0.15) is 0 Å². The van der Waals surface area contributed by atoms with Gasteiger partial charge < -0.3 is 10.2 Å². The van der Waals surface area contributed by atoms with Crippen molar-refractivity contribution in [3.63, 3.8) is 0 Å². The van der Waals surface area contributed by atoms with E-state index in [2.05, 4.69) is 0 Å². The quantitative estimate of drug-likeness (QED) is 0.619. The molecule has 0 heterocycles. The van der Waals surface area contributed by atoms with Crippen molar-refractivity contribution in [2.75, 3.05) is 13.2 Å². The molecule has 0 saturated heterocycles. The zero-order valence-electron chi connectivity index (χ0n) is 10.1. The van der Waals surface area contributed by atoms with Crippen LogP contribution < -0.4 is 0 Å². The zero-order valence-corrected chi connectivity index (χ0v) is 11.0. The van der Waals surface area contributed by atoms with Crippen molar-refractivity contribution in [2.24, 2.45) is 22.7 Å². The minimum Gasteiger partial charge on any atom is -0.396 e. The Morgan fingerprint density at radius 1 is 1.29 bits per heavy atom. The molecule has 0 radical (unpaired) electrons. The fraction of sp³-hybridized carbons (Fsp3) is 1.00. The first-order chi connectivity index (χ1) is 7.92. The molecule has 100 valence electrons. The average Bonchev–Trinajstić information content (AvgIpc) is 2.70. The monoisotopic (exact) mass is 264 g/mol. The van der Waals surface area contributed by atoms with E-state index in [1.54, 1.807) is 0 Å². The molecule has 0 aromatic rings. The Kier molecular flexibility index (Phi) is 3.27. The van der Waals surface area contributed by atoms with Crippen LogP contribution in [0.25, 0.3) is 0 Å². The van der Waals surface area contributed by atoms with Crippen LogP contribution in [-0.2, 0) is 15.2 Å². The Balaban J connectivity index is 2.39. The van der Waals surface area contributed by atoms with E-state index in [9.17, 15) is 18.6 Å². The highest BCUT2D eigenvalue weighted by atomic mass is 32.2. The maximum Gasteiger partial charge on any atom is 0.257 e. The van der Waals surface area contributed by atoms with Crippen LogP contribution in [0.4, 0.5) is 0 Å². The molecule has 2 bridgehead atoms. The molecular formula is C11H20O5S. The summed E-state index contributed by atoms with van der Waals surface area (Å²) in [6, 6.07) is 0. The van der Waals surface area contributed by atoms with Crippen LogP contribution in [0.5, 0.6) is 0 Å². The Bertz CT molecular complexity index is 374. The van der Waals surface area contributed by atoms with Crippen LogP contribution in [0.3, 0.4) is 0 Å². The first kappa shape index (κ1) is 13.3. The zero-order chi connectivity index (χ0) is 12.8. The molecule has 2 aliphatic rings. The highest BCUT2D eigenvalue weighted by Crippen LogP contribution is 2.67. The van der Waals surface area contributed by atoms with E-state index in [1.165, 1.54) is 0 Å². The fourth-order valence-electron chi connectivity index (χ4n) is 4.12. The number of rotatable bonds is 4. The van der Waals surface area contributed by atoms with Gasteiger partial charge in [0.25, 0.3) is 11.0 Å². The van der Waals surface area contributed by atoms with Crippen molar-refractivity contribution in [3.05, 3.63) is 0 Å². The van der Waals surface area contributed by atoms with Gasteiger partial charge in [0, 0.05) is 12.0 Å². The van der Waals surface area contributed by atoms with E-state index < -0.39 is 22.5 Å². The van der Waals surface area contributed by atoms with Crippen molar-refractivity contribution < 1.29 is 22.8 Å². The van der Waals surface area contributed by atoms with E-state index in [4.69, 9.17) is 4.18 Å². The first-order valence-electron chi connectivity index (χ1n) is 5.95. The number of aliphatic hydroxyl groups is 2. The van der Waals surface area contributed by atoms with Gasteiger partial charge in [-0.25, -0.2) is 8.42 Å². The van der Waals surface area contributed by atoms with Gasteiger partial charge in [-0.3, -0.25) is 4.18 Å². The molecule has 2 aliphatic carbocycles. The van der Waals surface area contributed by atoms with Crippen LogP contribution in [-0.4, -0.2) is 37.9 Å². The summed E-state index contributed by atoms with van der Waals surface area (Å²) < 4.78 is 26.6. The lowest BCUT2D eigenvalue weighted by atomic mass is 9.68. The Labute approximate surface area is 103 Å². The highest BCUT2D eigenvalue weighted by Gasteiger charge is 2.67. The Morgan fingerprint density at radius 2 is 1.94 bits per heavy atom. The fourth-order valence-corrected chi connectivity index (χ4v) is 4.69. The maximum atomic E-state index is 10.8. The van der Waals surface area contributed by atoms with Gasteiger partial charge in [-0.1, -0.05) is 13.8 Å². The smallest absolute Gasteiger partial charge is 0.257 e. The van der Waals surface area contributed by atoms with Crippen LogP contribution in [0.2, 0.25) is 0 Å². The normalized spacial score (nSPS) is 49.1. The molecule has 2 fully saturated rings. The minimum atomic E-state index is -2.93. The SMILES string of the molecule is CC1C(O[SH](=O)=O)C2(CO)CC1(CO)CC2C. The predicted molar refractivity (Wildman–Crippen MR) is 61.8 cm³/mol. The molecule has 2 rings (SSSR count). The molecule has 2 N–H and O–H groups in total. The van der Waals surface area contributed by atoms with Crippen molar-refractivity contribution in [3.8, 4) is 0 Å². The summed E-state index contributed by atoms with van der Waals surface area (Å²) in [5, 5.41) is 19.3. The summed E-state index contributed by atoms with van der Waals surface area (Å²) in [4.78, 5) is 0. The van der Waals surface area contributed by atoms with Crippen LogP contribution in [0, 0.1) is 22.7 Å². The summed E-state index contributed by atoms with van der Waals surface area (Å²) in [6.45, 7) is 3.83. The number of aliphatic hydroxyl groups excluding tert-OH is 2. The molecule has 0 aliphatic heterocycles. The lowest BCUT2D eigenvalue weighted by molar-refractivity contribution is -0.0510. The molecule has 0 aromatic heterocycles. The highest BCUT2D eigenvalue weighted by molar-refractivity contribution is 7.67. The molecule has 5 atom stereocenters. The lowest BCUT2D eigenvalue weighted by Crippen LogP contribution is -2.46. The number of fused-ring (bicyclic) bond motifs is 2. The third-order valence-electron chi connectivity index (χ3n) is 5.17. The molecule has 6 heteroatoms. The molecule has 5 unspecified atom stereocenters. The Morgan fingerprint density at radius 3 is 2.41 bits per heavy atom. The van der Waals surface area contributed by atoms with Crippen molar-refractivity contribution >= 4 is 11.0 Å². The van der Waals surface area contributed by atoms with Crippen LogP contribution >= 0.6 is 0 Å². The molecule has 0 spiro atoms. The lowest BCUT2D eigenvalue weighted by Gasteiger charge is -2.42. The van der Waals surface area contributed by atoms with Gasteiger partial charge in [0.2, 0.25) is 0 Å². The second kappa shape index (κ2) is 4.19. The predicted octanol–water partition coefficient (Wildman–Crippen LogP) is -0.0650. The molecule has 5 nitrogen and oxygen atoms in total. The summed E-state index contributed by atoms with van der Waals surface area (Å²) in [5.41, 5.74) is -0.810. The topological polar surface area (TPSA) is 83.8 Å². The number of hydrogen-bond donors (Lipinski definition) is 3. The summed E-state index contributed by atoms with van der Waals surface area (Å²) in [7, 11) is -2.93. The van der Waals surface area contributed by atoms with E-state index in [0.29, 0.717) is 6.42 Å². The molecule has 17 heavy (non-hydrogen) atoms. The van der Waals surface area contributed by atoms with Crippen molar-refractivity contribution in [1.82, 2.24) is 0 Å². The van der Waals surface area contributed by atoms with Crippen LogP contribution in [0.15, 0.2) is 0 Å². The molecular weight excluding hydrogens is 244 g/mol. The second-order valence-electron chi connectivity index (χ2n) is 5.73. The standard InChI is InChI=1S/C11H20O5S/c1-7-3-10(5-12)4-11(7,6-13)9(8(10)2)16-17(14)15/h7-9,12-13,17H,3-6H2,1-2H3. The largest absolute Gasteiger partial charge is 0.396 e. The first-order valence-corrected chi connectivity index (χ1v) is 7.04. The van der Waals surface area contributed by atoms with E-state index in [-0.39, 0.29) is 30.5 Å². The van der Waals surface area contributed by atoms with E-state index >= 15 is 0 Å². The van der Waals surface area contributed by atoms with Gasteiger partial charge >= 0.3 is 0 Å². The van der Waals surface area contributed by atoms with Crippen molar-refractivity contribution in [2.45, 2.75) is 32.8 Å². The molecule has 0 aromatic carbocycles. The van der Waals surface area contributed by atoms with Crippen molar-refractivity contribution in [1.29, 1.82) is 0 Å². The summed E-state index contributed by atoms with van der Waals surface area (Å²) in [6.07, 6.45) is 0.952. The van der Waals surface area contributed by atoms with E-state index in [0.717, 1.165) is 6.42 Å². The number of thiol groups is 1. The van der Waals surface area contributed by atoms with Gasteiger partial charge in [0.05, 0.1) is 12.7 Å². The molecule has 0 amide bonds. The number of hydrogen-bond acceptors (Lipinski definition) is 5. The minimum absolute atomic E-state index is 0.0236. The average molecular weight is 264 g/mol. The maximum absolute atomic E-state index is 10.8. The summed E-state index contributed by atoms with van der Waals surface area (Å²) >= 11 is 0. The van der Waals surface area contributed by atoms with Gasteiger partial charge in [-0.2, -0.15) is 0 Å². The van der Waals surface area contributed by atoms with Gasteiger partial charge in [-0.05, 0) is 30.1 Å². The summed E-state index contributed by atoms with van der Waals surface area (Å²) in [5.74, 6) is 0.111. The third-order valence-corrected chi connectivity index (χ3v) is 5.57. The second-order valence-corrected chi connectivity index (χ2v) is 6.39. The van der Waals surface area contributed by atoms with Crippen LogP contribution in [0.1, 0.15) is 26.7 Å².